The summed E-state index contributed by atoms with van der Waals surface area (Å²) in [6.45, 7) is 3.93. The van der Waals surface area contributed by atoms with Crippen molar-refractivity contribution in [1.82, 2.24) is 9.88 Å². The van der Waals surface area contributed by atoms with Gasteiger partial charge in [-0.25, -0.2) is 9.79 Å². The van der Waals surface area contributed by atoms with E-state index >= 15 is 0 Å². The van der Waals surface area contributed by atoms with Crippen LogP contribution in [0.5, 0.6) is 0 Å². The zero-order valence-electron chi connectivity index (χ0n) is 18.0. The number of aryl methyl sites for hydroxylation is 1. The van der Waals surface area contributed by atoms with Gasteiger partial charge in [-0.1, -0.05) is 35.3 Å². The monoisotopic (exact) mass is 499 g/mol. The first-order valence-electron chi connectivity index (χ1n) is 9.89. The third-order valence-corrected chi connectivity index (χ3v) is 6.81. The number of hydrogen-bond acceptors (Lipinski definition) is 5. The van der Waals surface area contributed by atoms with Crippen molar-refractivity contribution in [1.29, 1.82) is 0 Å². The second kappa shape index (κ2) is 9.47. The van der Waals surface area contributed by atoms with Crippen molar-refractivity contribution in [2.75, 3.05) is 7.11 Å². The van der Waals surface area contributed by atoms with Crippen molar-refractivity contribution < 1.29 is 14.3 Å². The van der Waals surface area contributed by atoms with Gasteiger partial charge in [0.15, 0.2) is 5.17 Å². The van der Waals surface area contributed by atoms with Crippen molar-refractivity contribution >= 4 is 63.8 Å². The molecule has 33 heavy (non-hydrogen) atoms. The third kappa shape index (κ3) is 4.71. The first-order valence-corrected chi connectivity index (χ1v) is 11.5. The quantitative estimate of drug-likeness (QED) is 0.348. The molecule has 0 aliphatic carbocycles. The van der Waals surface area contributed by atoms with Gasteiger partial charge in [-0.15, -0.1) is 0 Å². The summed E-state index contributed by atoms with van der Waals surface area (Å²) in [7, 11) is 1.35. The SMILES string of the molecule is COC(=O)c1cccc(-n2c(C)cc(/C=C3\SC(=Nc4cccc(Cl)c4Cl)NC3=O)c2C)c1. The van der Waals surface area contributed by atoms with Crippen LogP contribution in [0.1, 0.15) is 27.3 Å². The van der Waals surface area contributed by atoms with E-state index in [9.17, 15) is 9.59 Å². The fourth-order valence-corrected chi connectivity index (χ4v) is 4.69. The molecule has 1 aliphatic rings. The Morgan fingerprint density at radius 2 is 1.91 bits per heavy atom. The molecule has 9 heteroatoms. The van der Waals surface area contributed by atoms with E-state index in [1.165, 1.54) is 18.9 Å². The molecule has 1 amide bonds. The Kier molecular flexibility index (Phi) is 6.65. The lowest BCUT2D eigenvalue weighted by Gasteiger charge is -2.11. The number of amides is 1. The number of nitrogens with zero attached hydrogens (tertiary/aromatic N) is 2. The molecular weight excluding hydrogens is 481 g/mol. The molecule has 3 aromatic rings. The fraction of sp³-hybridized carbons (Fsp3) is 0.125. The van der Waals surface area contributed by atoms with Gasteiger partial charge in [0.25, 0.3) is 5.91 Å². The molecule has 168 valence electrons. The Bertz CT molecular complexity index is 1340. The van der Waals surface area contributed by atoms with Gasteiger partial charge in [-0.2, -0.15) is 0 Å². The molecule has 4 rings (SSSR count). The summed E-state index contributed by atoms with van der Waals surface area (Å²) in [5.74, 6) is -0.637. The van der Waals surface area contributed by atoms with Gasteiger partial charge in [-0.05, 0) is 73.6 Å². The Balaban J connectivity index is 1.66. The van der Waals surface area contributed by atoms with Crippen LogP contribution in [0.25, 0.3) is 11.8 Å². The number of aromatic nitrogens is 1. The molecule has 2 aromatic carbocycles. The molecule has 0 atom stereocenters. The number of carbonyl (C=O) groups is 2. The second-order valence-electron chi connectivity index (χ2n) is 7.26. The Labute approximate surface area is 205 Å². The highest BCUT2D eigenvalue weighted by atomic mass is 35.5. The van der Waals surface area contributed by atoms with E-state index in [0.29, 0.717) is 31.4 Å². The van der Waals surface area contributed by atoms with E-state index in [2.05, 4.69) is 10.3 Å². The lowest BCUT2D eigenvalue weighted by molar-refractivity contribution is -0.115. The number of thioether (sulfide) groups is 1. The lowest BCUT2D eigenvalue weighted by atomic mass is 10.2. The number of rotatable bonds is 4. The number of carbonyl (C=O) groups excluding carboxylic acids is 2. The maximum Gasteiger partial charge on any atom is 0.337 e. The fourth-order valence-electron chi connectivity index (χ4n) is 3.53. The molecule has 0 spiro atoms. The van der Waals surface area contributed by atoms with Crippen LogP contribution >= 0.6 is 35.0 Å². The minimum Gasteiger partial charge on any atom is -0.465 e. The van der Waals surface area contributed by atoms with Gasteiger partial charge >= 0.3 is 5.97 Å². The minimum absolute atomic E-state index is 0.241. The topological polar surface area (TPSA) is 72.7 Å². The van der Waals surface area contributed by atoms with E-state index in [0.717, 1.165) is 22.6 Å². The number of benzene rings is 2. The summed E-state index contributed by atoms with van der Waals surface area (Å²) >= 11 is 13.5. The molecule has 0 bridgehead atoms. The summed E-state index contributed by atoms with van der Waals surface area (Å²) in [5, 5.41) is 3.92. The van der Waals surface area contributed by atoms with Crippen LogP contribution in [-0.2, 0) is 9.53 Å². The maximum absolute atomic E-state index is 12.6. The molecule has 6 nitrogen and oxygen atoms in total. The predicted molar refractivity (Wildman–Crippen MR) is 134 cm³/mol. The van der Waals surface area contributed by atoms with Gasteiger partial charge in [0.1, 0.15) is 0 Å². The van der Waals surface area contributed by atoms with Crippen LogP contribution in [0.3, 0.4) is 0 Å². The molecule has 0 radical (unpaired) electrons. The van der Waals surface area contributed by atoms with Crippen molar-refractivity contribution in [2.24, 2.45) is 4.99 Å². The first-order chi connectivity index (χ1) is 15.8. The van der Waals surface area contributed by atoms with E-state index in [1.54, 1.807) is 30.3 Å². The van der Waals surface area contributed by atoms with Crippen LogP contribution in [0.15, 0.2) is 58.4 Å². The lowest BCUT2D eigenvalue weighted by Crippen LogP contribution is -2.19. The van der Waals surface area contributed by atoms with E-state index in [1.807, 2.05) is 42.7 Å². The Morgan fingerprint density at radius 3 is 2.67 bits per heavy atom. The highest BCUT2D eigenvalue weighted by Crippen LogP contribution is 2.35. The summed E-state index contributed by atoms with van der Waals surface area (Å²) in [6, 6.07) is 14.3. The van der Waals surface area contributed by atoms with Gasteiger partial charge in [0, 0.05) is 17.1 Å². The van der Waals surface area contributed by atoms with Gasteiger partial charge in [0.05, 0.1) is 33.3 Å². The third-order valence-electron chi connectivity index (χ3n) is 5.09. The number of halogens is 2. The van der Waals surface area contributed by atoms with Crippen LogP contribution in [0.2, 0.25) is 10.0 Å². The summed E-state index contributed by atoms with van der Waals surface area (Å²) in [4.78, 5) is 29.4. The highest BCUT2D eigenvalue weighted by Gasteiger charge is 2.25. The Hall–Kier alpha value is -3.00. The normalized spacial score (nSPS) is 15.8. The minimum atomic E-state index is -0.396. The first kappa shape index (κ1) is 23.2. The molecule has 1 aromatic heterocycles. The van der Waals surface area contributed by atoms with Gasteiger partial charge in [-0.3, -0.25) is 4.79 Å². The average Bonchev–Trinajstić information content (AvgIpc) is 3.28. The average molecular weight is 500 g/mol. The standard InChI is InChI=1S/C24H19Cl2N3O3S/c1-13-10-16(14(2)29(13)17-7-4-6-15(11-17)23(31)32-3)12-20-22(30)28-24(33-20)27-19-9-5-8-18(25)21(19)26/h4-12H,1-3H3,(H,27,28,30)/b20-12-. The summed E-state index contributed by atoms with van der Waals surface area (Å²) in [5.41, 5.74) is 4.56. The molecular formula is C24H19Cl2N3O3S. The molecule has 1 N–H and O–H groups in total. The smallest absolute Gasteiger partial charge is 0.337 e. The molecule has 1 fully saturated rings. The number of amidine groups is 1. The number of esters is 1. The Morgan fingerprint density at radius 1 is 1.15 bits per heavy atom. The van der Waals surface area contributed by atoms with Gasteiger partial charge < -0.3 is 14.6 Å². The van der Waals surface area contributed by atoms with Crippen LogP contribution < -0.4 is 5.32 Å². The van der Waals surface area contributed by atoms with E-state index in [4.69, 9.17) is 27.9 Å². The van der Waals surface area contributed by atoms with Crippen molar-refractivity contribution in [3.63, 3.8) is 0 Å². The van der Waals surface area contributed by atoms with E-state index in [-0.39, 0.29) is 5.91 Å². The number of methoxy groups -OCH3 is 1. The van der Waals surface area contributed by atoms with Crippen molar-refractivity contribution in [3.8, 4) is 5.69 Å². The second-order valence-corrected chi connectivity index (χ2v) is 9.07. The number of ether oxygens (including phenoxy) is 1. The molecule has 1 aliphatic heterocycles. The number of aliphatic imine (C=N–C) groups is 1. The predicted octanol–water partition coefficient (Wildman–Crippen LogP) is 6.08. The number of nitrogens with one attached hydrogen (secondary N) is 1. The summed E-state index contributed by atoms with van der Waals surface area (Å²) in [6.07, 6.45) is 1.82. The largest absolute Gasteiger partial charge is 0.465 e. The van der Waals surface area contributed by atoms with Crippen molar-refractivity contribution in [2.45, 2.75) is 13.8 Å². The molecule has 0 unspecified atom stereocenters. The van der Waals surface area contributed by atoms with Crippen LogP contribution in [-0.4, -0.2) is 28.7 Å². The van der Waals surface area contributed by atoms with E-state index < -0.39 is 5.97 Å². The number of hydrogen-bond donors (Lipinski definition) is 1. The van der Waals surface area contributed by atoms with Crippen molar-refractivity contribution in [3.05, 3.63) is 86.0 Å². The van der Waals surface area contributed by atoms with Crippen LogP contribution in [0.4, 0.5) is 5.69 Å². The maximum atomic E-state index is 12.6. The highest BCUT2D eigenvalue weighted by molar-refractivity contribution is 8.18. The zero-order chi connectivity index (χ0) is 23.7. The molecule has 0 saturated carbocycles. The zero-order valence-corrected chi connectivity index (χ0v) is 20.3. The molecule has 1 saturated heterocycles. The molecule has 2 heterocycles. The van der Waals surface area contributed by atoms with Crippen LogP contribution in [0, 0.1) is 13.8 Å². The summed E-state index contributed by atoms with van der Waals surface area (Å²) < 4.78 is 6.85. The van der Waals surface area contributed by atoms with Gasteiger partial charge in [0.2, 0.25) is 0 Å².